The van der Waals surface area contributed by atoms with Crippen molar-refractivity contribution in [2.24, 2.45) is 0 Å². The molecule has 9 nitrogen and oxygen atoms in total. The molecule has 9 heteroatoms. The fraction of sp³-hybridized carbons (Fsp3) is 0.200. The van der Waals surface area contributed by atoms with Crippen LogP contribution in [0.4, 0.5) is 0 Å². The summed E-state index contributed by atoms with van der Waals surface area (Å²) in [6.45, 7) is 1.90. The molecular weight excluding hydrogens is 316 g/mol. The first kappa shape index (κ1) is 18.8. The second kappa shape index (κ2) is 8.44. The van der Waals surface area contributed by atoms with Crippen molar-refractivity contribution >= 4 is 11.8 Å². The molecule has 0 radical (unpaired) electrons. The lowest BCUT2D eigenvalue weighted by molar-refractivity contribution is 0.0911. The lowest BCUT2D eigenvalue weighted by Gasteiger charge is -2.14. The van der Waals surface area contributed by atoms with Crippen molar-refractivity contribution in [2.45, 2.75) is 13.0 Å². The lowest BCUT2D eigenvalue weighted by atomic mass is 10.2. The van der Waals surface area contributed by atoms with E-state index in [1.54, 1.807) is 6.92 Å². The van der Waals surface area contributed by atoms with Crippen LogP contribution in [-0.4, -0.2) is 50.1 Å². The van der Waals surface area contributed by atoms with Crippen LogP contribution in [0.2, 0.25) is 0 Å². The molecule has 0 aliphatic heterocycles. The van der Waals surface area contributed by atoms with E-state index in [0.29, 0.717) is 0 Å². The highest BCUT2D eigenvalue weighted by atomic mass is 16.3. The molecule has 0 fully saturated rings. The summed E-state index contributed by atoms with van der Waals surface area (Å²) < 4.78 is 0. The number of carbonyl (C=O) groups excluding carboxylic acids is 2. The number of aromatic nitrogens is 2. The highest BCUT2D eigenvalue weighted by molar-refractivity contribution is 5.95. The Morgan fingerprint density at radius 3 is 2.00 bits per heavy atom. The Morgan fingerprint density at radius 1 is 1.00 bits per heavy atom. The normalized spacial score (nSPS) is 11.0. The van der Waals surface area contributed by atoms with Crippen LogP contribution in [0.1, 0.15) is 27.6 Å². The number of rotatable bonds is 5. The highest BCUT2D eigenvalue weighted by Gasteiger charge is 2.13. The van der Waals surface area contributed by atoms with Gasteiger partial charge in [-0.2, -0.15) is 0 Å². The summed E-state index contributed by atoms with van der Waals surface area (Å²) >= 11 is 0. The number of carbonyl (C=O) groups is 2. The van der Waals surface area contributed by atoms with E-state index < -0.39 is 11.8 Å². The molecule has 2 heterocycles. The Hall–Kier alpha value is -3.20. The first-order valence-electron chi connectivity index (χ1n) is 6.83. The number of amides is 2. The lowest BCUT2D eigenvalue weighted by Crippen LogP contribution is -2.41. The molecule has 2 aromatic heterocycles. The van der Waals surface area contributed by atoms with Crippen molar-refractivity contribution < 1.29 is 25.3 Å². The van der Waals surface area contributed by atoms with Crippen LogP contribution >= 0.6 is 0 Å². The van der Waals surface area contributed by atoms with E-state index in [2.05, 4.69) is 20.6 Å². The first-order chi connectivity index (χ1) is 11.0. The molecule has 128 valence electrons. The summed E-state index contributed by atoms with van der Waals surface area (Å²) in [4.78, 5) is 31.3. The Labute approximate surface area is 137 Å². The van der Waals surface area contributed by atoms with Crippen molar-refractivity contribution in [3.63, 3.8) is 0 Å². The van der Waals surface area contributed by atoms with Gasteiger partial charge in [0.2, 0.25) is 0 Å². The summed E-state index contributed by atoms with van der Waals surface area (Å²) in [5, 5.41) is 23.9. The molecule has 1 unspecified atom stereocenters. The predicted molar refractivity (Wildman–Crippen MR) is 84.7 cm³/mol. The molecule has 0 aliphatic rings. The number of hydrogen-bond donors (Lipinski definition) is 4. The molecule has 1 atom stereocenters. The van der Waals surface area contributed by atoms with Crippen molar-refractivity contribution in [1.29, 1.82) is 0 Å². The Bertz CT molecular complexity index is 723. The van der Waals surface area contributed by atoms with E-state index in [0.717, 1.165) is 0 Å². The van der Waals surface area contributed by atoms with Gasteiger partial charge in [0, 0.05) is 25.0 Å². The fourth-order valence-corrected chi connectivity index (χ4v) is 1.81. The SMILES string of the molecule is CC(CNC(=O)c1cncc(O)c1)NC(=O)c1cncc(O)c1.O. The maximum absolute atomic E-state index is 11.9. The zero-order valence-corrected chi connectivity index (χ0v) is 12.9. The van der Waals surface area contributed by atoms with Crippen LogP contribution in [0.15, 0.2) is 36.9 Å². The van der Waals surface area contributed by atoms with Crippen LogP contribution in [-0.2, 0) is 0 Å². The minimum absolute atomic E-state index is 0. The molecule has 0 bridgehead atoms. The minimum atomic E-state index is -0.409. The zero-order chi connectivity index (χ0) is 16.8. The Morgan fingerprint density at radius 2 is 1.50 bits per heavy atom. The molecule has 0 saturated carbocycles. The molecule has 0 aromatic carbocycles. The van der Waals surface area contributed by atoms with E-state index in [1.807, 2.05) is 0 Å². The van der Waals surface area contributed by atoms with Crippen LogP contribution < -0.4 is 10.6 Å². The fourth-order valence-electron chi connectivity index (χ4n) is 1.81. The van der Waals surface area contributed by atoms with Gasteiger partial charge in [0.25, 0.3) is 11.8 Å². The van der Waals surface area contributed by atoms with E-state index >= 15 is 0 Å². The first-order valence-corrected chi connectivity index (χ1v) is 6.83. The van der Waals surface area contributed by atoms with Gasteiger partial charge in [-0.1, -0.05) is 0 Å². The summed E-state index contributed by atoms with van der Waals surface area (Å²) in [6, 6.07) is 2.25. The topological polar surface area (TPSA) is 156 Å². The standard InChI is InChI=1S/C15H16N4O4.H2O/c1-9(19-15(23)11-3-13(21)8-17-6-11)4-18-14(22)10-2-12(20)7-16-5-10;/h2-3,5-9,20-21H,4H2,1H3,(H,18,22)(H,19,23);1H2. The average Bonchev–Trinajstić information content (AvgIpc) is 2.52. The van der Waals surface area contributed by atoms with Crippen LogP contribution in [0.25, 0.3) is 0 Å². The number of nitrogens with one attached hydrogen (secondary N) is 2. The Balaban J connectivity index is 0.00000288. The Kier molecular flexibility index (Phi) is 6.63. The van der Waals surface area contributed by atoms with Gasteiger partial charge in [0.05, 0.1) is 23.5 Å². The van der Waals surface area contributed by atoms with Gasteiger partial charge in [-0.05, 0) is 19.1 Å². The quantitative estimate of drug-likeness (QED) is 0.583. The van der Waals surface area contributed by atoms with Gasteiger partial charge in [-0.15, -0.1) is 0 Å². The third-order valence-electron chi connectivity index (χ3n) is 2.92. The highest BCUT2D eigenvalue weighted by Crippen LogP contribution is 2.09. The maximum atomic E-state index is 11.9. The molecular formula is C15H18N4O5. The van der Waals surface area contributed by atoms with Crippen molar-refractivity contribution in [3.05, 3.63) is 48.0 Å². The number of nitrogens with zero attached hydrogens (tertiary/aromatic N) is 2. The van der Waals surface area contributed by atoms with Gasteiger partial charge < -0.3 is 26.3 Å². The van der Waals surface area contributed by atoms with Crippen molar-refractivity contribution in [3.8, 4) is 11.5 Å². The number of aromatic hydroxyl groups is 2. The second-order valence-corrected chi connectivity index (χ2v) is 4.95. The van der Waals surface area contributed by atoms with Gasteiger partial charge in [0.15, 0.2) is 0 Å². The molecule has 0 spiro atoms. The van der Waals surface area contributed by atoms with Gasteiger partial charge in [-0.25, -0.2) is 0 Å². The van der Waals surface area contributed by atoms with Gasteiger partial charge in [-0.3, -0.25) is 19.6 Å². The molecule has 2 aromatic rings. The smallest absolute Gasteiger partial charge is 0.253 e. The second-order valence-electron chi connectivity index (χ2n) is 4.95. The van der Waals surface area contributed by atoms with E-state index in [-0.39, 0.29) is 40.7 Å². The monoisotopic (exact) mass is 334 g/mol. The van der Waals surface area contributed by atoms with Crippen molar-refractivity contribution in [1.82, 2.24) is 20.6 Å². The number of pyridine rings is 2. The van der Waals surface area contributed by atoms with Gasteiger partial charge >= 0.3 is 0 Å². The van der Waals surface area contributed by atoms with Crippen LogP contribution in [0.3, 0.4) is 0 Å². The summed E-state index contributed by atoms with van der Waals surface area (Å²) in [6.07, 6.45) is 5.11. The number of hydrogen-bond acceptors (Lipinski definition) is 6. The minimum Gasteiger partial charge on any atom is -0.506 e. The molecule has 6 N–H and O–H groups in total. The van der Waals surface area contributed by atoms with Crippen LogP contribution in [0, 0.1) is 0 Å². The maximum Gasteiger partial charge on any atom is 0.253 e. The molecule has 2 rings (SSSR count). The molecule has 2 amide bonds. The van der Waals surface area contributed by atoms with E-state index in [9.17, 15) is 19.8 Å². The van der Waals surface area contributed by atoms with E-state index in [1.165, 1.54) is 36.9 Å². The van der Waals surface area contributed by atoms with Crippen LogP contribution in [0.5, 0.6) is 11.5 Å². The predicted octanol–water partition coefficient (Wildman–Crippen LogP) is -0.389. The summed E-state index contributed by atoms with van der Waals surface area (Å²) in [5.74, 6) is -1.02. The van der Waals surface area contributed by atoms with Gasteiger partial charge in [0.1, 0.15) is 11.5 Å². The van der Waals surface area contributed by atoms with E-state index in [4.69, 9.17) is 0 Å². The largest absolute Gasteiger partial charge is 0.506 e. The zero-order valence-electron chi connectivity index (χ0n) is 12.9. The molecule has 0 aliphatic carbocycles. The summed E-state index contributed by atoms with van der Waals surface area (Å²) in [5.41, 5.74) is 0.445. The molecule has 24 heavy (non-hydrogen) atoms. The van der Waals surface area contributed by atoms with Crippen molar-refractivity contribution in [2.75, 3.05) is 6.54 Å². The molecule has 0 saturated heterocycles. The summed E-state index contributed by atoms with van der Waals surface area (Å²) in [7, 11) is 0. The third-order valence-corrected chi connectivity index (χ3v) is 2.92. The third kappa shape index (κ3) is 5.21. The average molecular weight is 334 g/mol.